The van der Waals surface area contributed by atoms with E-state index in [9.17, 15) is 0 Å². The number of anilines is 2. The SMILES string of the molecule is Cc1nc(-c2cccnc2)nc(NC2CCN(c3ccccc3)C2)c1C. The second kappa shape index (κ2) is 7.12. The van der Waals surface area contributed by atoms with Crippen molar-refractivity contribution in [1.29, 1.82) is 0 Å². The van der Waals surface area contributed by atoms with Crippen LogP contribution < -0.4 is 10.2 Å². The first-order valence-electron chi connectivity index (χ1n) is 9.03. The van der Waals surface area contributed by atoms with Gasteiger partial charge in [-0.05, 0) is 44.5 Å². The predicted octanol–water partition coefficient (Wildman–Crippen LogP) is 3.85. The van der Waals surface area contributed by atoms with Gasteiger partial charge in [0.25, 0.3) is 0 Å². The van der Waals surface area contributed by atoms with Crippen LogP contribution in [-0.2, 0) is 0 Å². The van der Waals surface area contributed by atoms with E-state index in [2.05, 4.69) is 57.4 Å². The summed E-state index contributed by atoms with van der Waals surface area (Å²) in [7, 11) is 0. The highest BCUT2D eigenvalue weighted by molar-refractivity contribution is 5.59. The number of aryl methyl sites for hydroxylation is 1. The summed E-state index contributed by atoms with van der Waals surface area (Å²) in [6.07, 6.45) is 4.67. The first kappa shape index (κ1) is 16.5. The van der Waals surface area contributed by atoms with Gasteiger partial charge in [0, 0.05) is 54.0 Å². The number of nitrogens with zero attached hydrogens (tertiary/aromatic N) is 4. The van der Waals surface area contributed by atoms with E-state index in [4.69, 9.17) is 4.98 Å². The molecule has 5 heteroatoms. The molecule has 0 spiro atoms. The molecule has 1 aliphatic heterocycles. The number of pyridine rings is 1. The molecule has 1 unspecified atom stereocenters. The Morgan fingerprint density at radius 3 is 2.65 bits per heavy atom. The summed E-state index contributed by atoms with van der Waals surface area (Å²) in [5, 5.41) is 3.65. The van der Waals surface area contributed by atoms with Crippen LogP contribution in [0.5, 0.6) is 0 Å². The zero-order valence-electron chi connectivity index (χ0n) is 15.2. The number of rotatable bonds is 4. The average Bonchev–Trinajstić information content (AvgIpc) is 3.15. The molecule has 1 N–H and O–H groups in total. The number of nitrogens with one attached hydrogen (secondary N) is 1. The minimum Gasteiger partial charge on any atom is -0.369 e. The van der Waals surface area contributed by atoms with Gasteiger partial charge in [0.05, 0.1) is 0 Å². The van der Waals surface area contributed by atoms with Crippen molar-refractivity contribution in [2.45, 2.75) is 26.3 Å². The van der Waals surface area contributed by atoms with Crippen LogP contribution in [0.15, 0.2) is 54.9 Å². The molecule has 132 valence electrons. The Morgan fingerprint density at radius 1 is 1.04 bits per heavy atom. The van der Waals surface area contributed by atoms with Gasteiger partial charge in [0.1, 0.15) is 5.82 Å². The number of benzene rings is 1. The van der Waals surface area contributed by atoms with Gasteiger partial charge in [-0.3, -0.25) is 4.98 Å². The van der Waals surface area contributed by atoms with Crippen molar-refractivity contribution in [3.63, 3.8) is 0 Å². The van der Waals surface area contributed by atoms with Gasteiger partial charge in [-0.2, -0.15) is 0 Å². The van der Waals surface area contributed by atoms with Crippen LogP contribution in [0.25, 0.3) is 11.4 Å². The van der Waals surface area contributed by atoms with Crippen LogP contribution in [0.1, 0.15) is 17.7 Å². The Balaban J connectivity index is 1.54. The lowest BCUT2D eigenvalue weighted by Crippen LogP contribution is -2.26. The maximum absolute atomic E-state index is 4.78. The van der Waals surface area contributed by atoms with Crippen LogP contribution in [0.3, 0.4) is 0 Å². The molecule has 1 atom stereocenters. The molecule has 0 bridgehead atoms. The van der Waals surface area contributed by atoms with Gasteiger partial charge >= 0.3 is 0 Å². The number of hydrogen-bond acceptors (Lipinski definition) is 5. The Labute approximate surface area is 154 Å². The van der Waals surface area contributed by atoms with Gasteiger partial charge < -0.3 is 10.2 Å². The molecule has 26 heavy (non-hydrogen) atoms. The second-order valence-corrected chi connectivity index (χ2v) is 6.76. The van der Waals surface area contributed by atoms with Crippen molar-refractivity contribution in [2.75, 3.05) is 23.3 Å². The lowest BCUT2D eigenvalue weighted by Gasteiger charge is -2.20. The first-order valence-corrected chi connectivity index (χ1v) is 9.03. The fourth-order valence-electron chi connectivity index (χ4n) is 3.34. The molecule has 1 fully saturated rings. The zero-order valence-corrected chi connectivity index (χ0v) is 15.2. The highest BCUT2D eigenvalue weighted by Crippen LogP contribution is 2.25. The van der Waals surface area contributed by atoms with Crippen molar-refractivity contribution in [3.05, 3.63) is 66.1 Å². The fourth-order valence-corrected chi connectivity index (χ4v) is 3.34. The summed E-state index contributed by atoms with van der Waals surface area (Å²) in [6, 6.07) is 14.9. The van der Waals surface area contributed by atoms with Crippen LogP contribution in [-0.4, -0.2) is 34.1 Å². The maximum atomic E-state index is 4.78. The maximum Gasteiger partial charge on any atom is 0.163 e. The van der Waals surface area contributed by atoms with Gasteiger partial charge in [0.2, 0.25) is 0 Å². The van der Waals surface area contributed by atoms with Crippen molar-refractivity contribution in [2.24, 2.45) is 0 Å². The average molecular weight is 345 g/mol. The summed E-state index contributed by atoms with van der Waals surface area (Å²) in [4.78, 5) is 16.0. The van der Waals surface area contributed by atoms with Crippen molar-refractivity contribution in [1.82, 2.24) is 15.0 Å². The normalized spacial score (nSPS) is 16.7. The molecule has 0 amide bonds. The molecular formula is C21H23N5. The summed E-state index contributed by atoms with van der Waals surface area (Å²) in [5.74, 6) is 1.65. The minimum atomic E-state index is 0.380. The molecular weight excluding hydrogens is 322 g/mol. The summed E-state index contributed by atoms with van der Waals surface area (Å²) >= 11 is 0. The van der Waals surface area contributed by atoms with E-state index >= 15 is 0 Å². The standard InChI is InChI=1S/C21H23N5/c1-15-16(2)23-21(17-7-6-11-22-13-17)25-20(15)24-18-10-12-26(14-18)19-8-4-3-5-9-19/h3-9,11,13,18H,10,12,14H2,1-2H3,(H,23,24,25). The molecule has 0 saturated carbocycles. The van der Waals surface area contributed by atoms with E-state index in [1.54, 1.807) is 12.4 Å². The molecule has 1 saturated heterocycles. The number of hydrogen-bond donors (Lipinski definition) is 1. The third-order valence-electron chi connectivity index (χ3n) is 4.96. The highest BCUT2D eigenvalue weighted by Gasteiger charge is 2.24. The number of para-hydroxylation sites is 1. The van der Waals surface area contributed by atoms with E-state index in [1.165, 1.54) is 5.69 Å². The first-order chi connectivity index (χ1) is 12.7. The molecule has 0 radical (unpaired) electrons. The van der Waals surface area contributed by atoms with Crippen molar-refractivity contribution in [3.8, 4) is 11.4 Å². The van der Waals surface area contributed by atoms with E-state index in [1.807, 2.05) is 19.1 Å². The smallest absolute Gasteiger partial charge is 0.163 e. The Hall–Kier alpha value is -2.95. The van der Waals surface area contributed by atoms with Crippen LogP contribution in [0.2, 0.25) is 0 Å². The van der Waals surface area contributed by atoms with Crippen molar-refractivity contribution < 1.29 is 0 Å². The molecule has 1 aliphatic rings. The Kier molecular flexibility index (Phi) is 4.52. The fraction of sp³-hybridized carbons (Fsp3) is 0.286. The monoisotopic (exact) mass is 345 g/mol. The largest absolute Gasteiger partial charge is 0.369 e. The van der Waals surface area contributed by atoms with Gasteiger partial charge in [-0.1, -0.05) is 18.2 Å². The molecule has 5 nitrogen and oxygen atoms in total. The van der Waals surface area contributed by atoms with E-state index < -0.39 is 0 Å². The topological polar surface area (TPSA) is 53.9 Å². The van der Waals surface area contributed by atoms with Gasteiger partial charge in [-0.25, -0.2) is 9.97 Å². The third-order valence-corrected chi connectivity index (χ3v) is 4.96. The van der Waals surface area contributed by atoms with Crippen LogP contribution in [0.4, 0.5) is 11.5 Å². The molecule has 3 aromatic rings. The van der Waals surface area contributed by atoms with E-state index in [0.29, 0.717) is 6.04 Å². The van der Waals surface area contributed by atoms with Crippen LogP contribution >= 0.6 is 0 Å². The van der Waals surface area contributed by atoms with Gasteiger partial charge in [0.15, 0.2) is 5.82 Å². The van der Waals surface area contributed by atoms with Gasteiger partial charge in [-0.15, -0.1) is 0 Å². The number of aromatic nitrogens is 3. The molecule has 3 heterocycles. The predicted molar refractivity (Wildman–Crippen MR) is 105 cm³/mol. The lowest BCUT2D eigenvalue weighted by atomic mass is 10.2. The van der Waals surface area contributed by atoms with E-state index in [-0.39, 0.29) is 0 Å². The van der Waals surface area contributed by atoms with E-state index in [0.717, 1.165) is 48.0 Å². The minimum absolute atomic E-state index is 0.380. The summed E-state index contributed by atoms with van der Waals surface area (Å²) in [6.45, 7) is 6.15. The zero-order chi connectivity index (χ0) is 17.9. The highest BCUT2D eigenvalue weighted by atomic mass is 15.2. The van der Waals surface area contributed by atoms with Crippen molar-refractivity contribution >= 4 is 11.5 Å². The third kappa shape index (κ3) is 3.38. The summed E-state index contributed by atoms with van der Waals surface area (Å²) in [5.41, 5.74) is 4.33. The Morgan fingerprint density at radius 2 is 1.88 bits per heavy atom. The molecule has 2 aromatic heterocycles. The lowest BCUT2D eigenvalue weighted by molar-refractivity contribution is 0.796. The quantitative estimate of drug-likeness (QED) is 0.778. The molecule has 1 aromatic carbocycles. The second-order valence-electron chi connectivity index (χ2n) is 6.76. The molecule has 4 rings (SSSR count). The Bertz CT molecular complexity index is 880. The molecule has 0 aliphatic carbocycles. The van der Waals surface area contributed by atoms with Crippen LogP contribution in [0, 0.1) is 13.8 Å². The summed E-state index contributed by atoms with van der Waals surface area (Å²) < 4.78 is 0.